The molecule has 106 valence electrons. The first-order valence-electron chi connectivity index (χ1n) is 6.46. The van der Waals surface area contributed by atoms with Gasteiger partial charge in [-0.2, -0.15) is 17.0 Å². The van der Waals surface area contributed by atoms with Gasteiger partial charge in [0.25, 0.3) is 10.2 Å². The molecule has 0 saturated carbocycles. The van der Waals surface area contributed by atoms with Gasteiger partial charge in [-0.1, -0.05) is 6.92 Å². The van der Waals surface area contributed by atoms with Gasteiger partial charge in [-0.15, -0.1) is 11.6 Å². The summed E-state index contributed by atoms with van der Waals surface area (Å²) >= 11 is 5.84. The van der Waals surface area contributed by atoms with E-state index >= 15 is 0 Å². The van der Waals surface area contributed by atoms with Crippen LogP contribution in [0.5, 0.6) is 0 Å². The molecular formula is C11H21ClN2O3S. The van der Waals surface area contributed by atoms with Crippen molar-refractivity contribution in [2.75, 3.05) is 38.7 Å². The third kappa shape index (κ3) is 2.99. The lowest BCUT2D eigenvalue weighted by atomic mass is 10.0. The van der Waals surface area contributed by atoms with Gasteiger partial charge in [-0.3, -0.25) is 0 Å². The molecule has 2 rings (SSSR count). The fourth-order valence-electron chi connectivity index (χ4n) is 2.57. The minimum atomic E-state index is -3.38. The molecule has 0 radical (unpaired) electrons. The van der Waals surface area contributed by atoms with Crippen LogP contribution in [0, 0.1) is 5.92 Å². The zero-order chi connectivity index (χ0) is 13.2. The highest BCUT2D eigenvalue weighted by Crippen LogP contribution is 2.23. The van der Waals surface area contributed by atoms with Crippen LogP contribution in [0.15, 0.2) is 0 Å². The molecule has 18 heavy (non-hydrogen) atoms. The second-order valence-corrected chi connectivity index (χ2v) is 7.30. The summed E-state index contributed by atoms with van der Waals surface area (Å²) in [6.07, 6.45) is 2.05. The fraction of sp³-hybridized carbons (Fsp3) is 1.00. The lowest BCUT2D eigenvalue weighted by molar-refractivity contribution is 0.0367. The Hall–Kier alpha value is 0.120. The first-order valence-corrected chi connectivity index (χ1v) is 8.39. The highest BCUT2D eigenvalue weighted by molar-refractivity contribution is 7.86. The Kier molecular flexibility index (Phi) is 4.88. The number of hydrogen-bond acceptors (Lipinski definition) is 3. The monoisotopic (exact) mass is 296 g/mol. The SMILES string of the molecule is CC1CCCN(S(=O)(=O)N2CCOCC2CCl)C1. The molecule has 0 bridgehead atoms. The number of rotatable bonds is 3. The Morgan fingerprint density at radius 2 is 2.17 bits per heavy atom. The fourth-order valence-corrected chi connectivity index (χ4v) is 4.82. The number of halogens is 1. The van der Waals surface area contributed by atoms with E-state index in [1.165, 1.54) is 4.31 Å². The smallest absolute Gasteiger partial charge is 0.282 e. The summed E-state index contributed by atoms with van der Waals surface area (Å²) in [7, 11) is -3.38. The molecule has 2 heterocycles. The van der Waals surface area contributed by atoms with E-state index in [1.54, 1.807) is 4.31 Å². The molecule has 5 nitrogen and oxygen atoms in total. The van der Waals surface area contributed by atoms with E-state index in [0.717, 1.165) is 12.8 Å². The van der Waals surface area contributed by atoms with Crippen molar-refractivity contribution >= 4 is 21.8 Å². The first-order chi connectivity index (χ1) is 8.55. The minimum absolute atomic E-state index is 0.234. The maximum atomic E-state index is 12.6. The summed E-state index contributed by atoms with van der Waals surface area (Å²) in [5.74, 6) is 0.715. The van der Waals surface area contributed by atoms with E-state index in [-0.39, 0.29) is 11.9 Å². The van der Waals surface area contributed by atoms with Crippen LogP contribution in [0.2, 0.25) is 0 Å². The summed E-state index contributed by atoms with van der Waals surface area (Å²) < 4.78 is 33.6. The topological polar surface area (TPSA) is 49.9 Å². The summed E-state index contributed by atoms with van der Waals surface area (Å²) in [6.45, 7) is 4.60. The van der Waals surface area contributed by atoms with Gasteiger partial charge in [0.1, 0.15) is 0 Å². The third-order valence-corrected chi connectivity index (χ3v) is 6.01. The molecule has 0 aromatic heterocycles. The van der Waals surface area contributed by atoms with Crippen LogP contribution in [0.1, 0.15) is 19.8 Å². The van der Waals surface area contributed by atoms with Crippen LogP contribution in [-0.4, -0.2) is 61.8 Å². The van der Waals surface area contributed by atoms with Crippen LogP contribution in [0.3, 0.4) is 0 Å². The molecule has 0 aromatic rings. The molecule has 0 aromatic carbocycles. The second-order valence-electron chi connectivity index (χ2n) is 5.11. The zero-order valence-corrected chi connectivity index (χ0v) is 12.3. The van der Waals surface area contributed by atoms with E-state index < -0.39 is 10.2 Å². The van der Waals surface area contributed by atoms with Crippen molar-refractivity contribution in [2.24, 2.45) is 5.92 Å². The molecule has 0 amide bonds. The van der Waals surface area contributed by atoms with Crippen LogP contribution < -0.4 is 0 Å². The van der Waals surface area contributed by atoms with Crippen molar-refractivity contribution in [3.8, 4) is 0 Å². The van der Waals surface area contributed by atoms with Gasteiger partial charge >= 0.3 is 0 Å². The molecule has 2 saturated heterocycles. The number of morpholine rings is 1. The van der Waals surface area contributed by atoms with Gasteiger partial charge in [0.05, 0.1) is 19.3 Å². The first kappa shape index (κ1) is 14.5. The lowest BCUT2D eigenvalue weighted by Crippen LogP contribution is -2.56. The predicted octanol–water partition coefficient (Wildman–Crippen LogP) is 0.903. The maximum absolute atomic E-state index is 12.6. The predicted molar refractivity (Wildman–Crippen MR) is 70.9 cm³/mol. The van der Waals surface area contributed by atoms with Crippen molar-refractivity contribution in [1.82, 2.24) is 8.61 Å². The van der Waals surface area contributed by atoms with Crippen molar-refractivity contribution in [1.29, 1.82) is 0 Å². The van der Waals surface area contributed by atoms with E-state index in [1.807, 2.05) is 0 Å². The average Bonchev–Trinajstić information content (AvgIpc) is 2.38. The highest BCUT2D eigenvalue weighted by Gasteiger charge is 2.37. The molecular weight excluding hydrogens is 276 g/mol. The maximum Gasteiger partial charge on any atom is 0.282 e. The Bertz CT molecular complexity index is 376. The summed E-state index contributed by atoms with van der Waals surface area (Å²) in [5, 5.41) is 0. The second kappa shape index (κ2) is 6.05. The van der Waals surface area contributed by atoms with E-state index in [9.17, 15) is 8.42 Å². The number of piperidine rings is 1. The van der Waals surface area contributed by atoms with Crippen LogP contribution in [0.4, 0.5) is 0 Å². The van der Waals surface area contributed by atoms with Gasteiger partial charge in [0, 0.05) is 25.5 Å². The Balaban J connectivity index is 2.13. The molecule has 2 unspecified atom stereocenters. The number of ether oxygens (including phenoxy) is 1. The van der Waals surface area contributed by atoms with E-state index in [4.69, 9.17) is 16.3 Å². The van der Waals surface area contributed by atoms with Crippen molar-refractivity contribution < 1.29 is 13.2 Å². The molecule has 2 aliphatic heterocycles. The van der Waals surface area contributed by atoms with Crippen molar-refractivity contribution in [3.63, 3.8) is 0 Å². The zero-order valence-electron chi connectivity index (χ0n) is 10.7. The Morgan fingerprint density at radius 3 is 2.83 bits per heavy atom. The summed E-state index contributed by atoms with van der Waals surface area (Å²) in [5.41, 5.74) is 0. The van der Waals surface area contributed by atoms with Crippen LogP contribution >= 0.6 is 11.6 Å². The number of alkyl halides is 1. The number of nitrogens with zero attached hydrogens (tertiary/aromatic N) is 2. The van der Waals surface area contributed by atoms with Crippen LogP contribution in [0.25, 0.3) is 0 Å². The van der Waals surface area contributed by atoms with Crippen molar-refractivity contribution in [2.45, 2.75) is 25.8 Å². The standard InChI is InChI=1S/C11H21ClN2O3S/c1-10-3-2-4-13(8-10)18(15,16)14-5-6-17-9-11(14)7-12/h10-11H,2-9H2,1H3. The Labute approximate surface area is 114 Å². The van der Waals surface area contributed by atoms with E-state index in [0.29, 0.717) is 38.8 Å². The molecule has 2 atom stereocenters. The van der Waals surface area contributed by atoms with Gasteiger partial charge in [0.15, 0.2) is 0 Å². The van der Waals surface area contributed by atoms with Crippen LogP contribution in [-0.2, 0) is 14.9 Å². The normalized spacial score (nSPS) is 32.6. The molecule has 7 heteroatoms. The average molecular weight is 297 g/mol. The van der Waals surface area contributed by atoms with Gasteiger partial charge in [-0.05, 0) is 18.8 Å². The van der Waals surface area contributed by atoms with Gasteiger partial charge in [0.2, 0.25) is 0 Å². The lowest BCUT2D eigenvalue weighted by Gasteiger charge is -2.39. The Morgan fingerprint density at radius 1 is 1.39 bits per heavy atom. The summed E-state index contributed by atoms with van der Waals surface area (Å²) in [6, 6.07) is -0.234. The number of hydrogen-bond donors (Lipinski definition) is 0. The van der Waals surface area contributed by atoms with Crippen molar-refractivity contribution in [3.05, 3.63) is 0 Å². The molecule has 2 aliphatic rings. The van der Waals surface area contributed by atoms with Gasteiger partial charge < -0.3 is 4.74 Å². The highest BCUT2D eigenvalue weighted by atomic mass is 35.5. The largest absolute Gasteiger partial charge is 0.378 e. The third-order valence-electron chi connectivity index (χ3n) is 3.59. The van der Waals surface area contributed by atoms with E-state index in [2.05, 4.69) is 6.92 Å². The minimum Gasteiger partial charge on any atom is -0.378 e. The summed E-state index contributed by atoms with van der Waals surface area (Å²) in [4.78, 5) is 0. The molecule has 0 spiro atoms. The molecule has 0 aliphatic carbocycles. The molecule has 0 N–H and O–H groups in total. The molecule has 2 fully saturated rings. The quantitative estimate of drug-likeness (QED) is 0.727. The van der Waals surface area contributed by atoms with Gasteiger partial charge in [-0.25, -0.2) is 0 Å².